The summed E-state index contributed by atoms with van der Waals surface area (Å²) in [6.07, 6.45) is 1.68. The Morgan fingerprint density at radius 2 is 1.75 bits per heavy atom. The number of hydrogen-bond acceptors (Lipinski definition) is 4. The molecule has 1 heterocycles. The first-order chi connectivity index (χ1) is 13.5. The average molecular weight is 378 g/mol. The number of ether oxygens (including phenoxy) is 1. The van der Waals surface area contributed by atoms with E-state index < -0.39 is 5.97 Å². The number of urea groups is 1. The van der Waals surface area contributed by atoms with Gasteiger partial charge in [-0.1, -0.05) is 29.8 Å². The maximum absolute atomic E-state index is 12.1. The van der Waals surface area contributed by atoms with Crippen molar-refractivity contribution in [3.63, 3.8) is 0 Å². The molecule has 0 aliphatic rings. The molecule has 2 amide bonds. The van der Waals surface area contributed by atoms with Gasteiger partial charge < -0.3 is 15.4 Å². The van der Waals surface area contributed by atoms with Crippen LogP contribution < -0.4 is 10.6 Å². The Hall–Kier alpha value is -3.61. The lowest BCUT2D eigenvalue weighted by atomic mass is 10.1. The largest absolute Gasteiger partial charge is 0.461 e. The maximum Gasteiger partial charge on any atom is 0.358 e. The third-order valence-corrected chi connectivity index (χ3v) is 4.04. The number of nitrogens with zero attached hydrogens (tertiary/aromatic N) is 2. The molecule has 2 aromatic carbocycles. The van der Waals surface area contributed by atoms with Crippen LogP contribution in [0.2, 0.25) is 0 Å². The van der Waals surface area contributed by atoms with Gasteiger partial charge in [-0.05, 0) is 49.7 Å². The van der Waals surface area contributed by atoms with E-state index in [1.807, 2.05) is 31.2 Å². The molecule has 0 saturated carbocycles. The smallest absolute Gasteiger partial charge is 0.358 e. The molecule has 0 aliphatic heterocycles. The van der Waals surface area contributed by atoms with Crippen LogP contribution >= 0.6 is 0 Å². The average Bonchev–Trinajstić information content (AvgIpc) is 3.19. The van der Waals surface area contributed by atoms with Crippen LogP contribution in [0.25, 0.3) is 5.69 Å². The van der Waals surface area contributed by atoms with Gasteiger partial charge in [-0.2, -0.15) is 5.10 Å². The number of anilines is 1. The quantitative estimate of drug-likeness (QED) is 0.641. The van der Waals surface area contributed by atoms with Gasteiger partial charge in [0, 0.05) is 18.4 Å². The zero-order valence-corrected chi connectivity index (χ0v) is 15.8. The van der Waals surface area contributed by atoms with E-state index in [0.29, 0.717) is 18.8 Å². The third-order valence-electron chi connectivity index (χ3n) is 4.04. The molecule has 0 aliphatic carbocycles. The van der Waals surface area contributed by atoms with E-state index in [9.17, 15) is 9.59 Å². The van der Waals surface area contributed by atoms with Crippen molar-refractivity contribution in [2.24, 2.45) is 0 Å². The van der Waals surface area contributed by atoms with Crippen LogP contribution in [0, 0.1) is 6.92 Å². The number of benzene rings is 2. The van der Waals surface area contributed by atoms with Crippen LogP contribution in [-0.2, 0) is 11.3 Å². The van der Waals surface area contributed by atoms with Gasteiger partial charge in [0.2, 0.25) is 0 Å². The highest BCUT2D eigenvalue weighted by Crippen LogP contribution is 2.13. The van der Waals surface area contributed by atoms with Crippen LogP contribution in [-0.4, -0.2) is 28.4 Å². The summed E-state index contributed by atoms with van der Waals surface area (Å²) < 4.78 is 6.51. The molecule has 1 aromatic heterocycles. The van der Waals surface area contributed by atoms with Gasteiger partial charge in [-0.3, -0.25) is 0 Å². The fourth-order valence-electron chi connectivity index (χ4n) is 2.54. The summed E-state index contributed by atoms with van der Waals surface area (Å²) in [5, 5.41) is 9.81. The Morgan fingerprint density at radius 3 is 2.43 bits per heavy atom. The summed E-state index contributed by atoms with van der Waals surface area (Å²) in [6, 6.07) is 16.5. The number of carbonyl (C=O) groups excluding carboxylic acids is 2. The maximum atomic E-state index is 12.1. The summed E-state index contributed by atoms with van der Waals surface area (Å²) >= 11 is 0. The van der Waals surface area contributed by atoms with Gasteiger partial charge >= 0.3 is 12.0 Å². The second-order valence-electron chi connectivity index (χ2n) is 6.21. The normalized spacial score (nSPS) is 10.4. The number of hydrogen-bond donors (Lipinski definition) is 2. The molecule has 0 atom stereocenters. The molecule has 28 heavy (non-hydrogen) atoms. The SMILES string of the molecule is CCOC(=O)c1ccn(-c2ccc(NC(=O)NCc3ccc(C)cc3)cc2)n1. The molecule has 3 rings (SSSR count). The summed E-state index contributed by atoms with van der Waals surface area (Å²) in [5.74, 6) is -0.454. The van der Waals surface area contributed by atoms with Crippen molar-refractivity contribution in [1.29, 1.82) is 0 Å². The Morgan fingerprint density at radius 1 is 1.04 bits per heavy atom. The van der Waals surface area contributed by atoms with Gasteiger partial charge in [0.25, 0.3) is 0 Å². The predicted octanol–water partition coefficient (Wildman–Crippen LogP) is 3.68. The molecular weight excluding hydrogens is 356 g/mol. The van der Waals surface area contributed by atoms with E-state index in [2.05, 4.69) is 15.7 Å². The van der Waals surface area contributed by atoms with Crippen LogP contribution in [0.15, 0.2) is 60.8 Å². The molecule has 2 N–H and O–H groups in total. The van der Waals surface area contributed by atoms with E-state index in [1.54, 1.807) is 48.1 Å². The number of nitrogens with one attached hydrogen (secondary N) is 2. The number of rotatable bonds is 6. The van der Waals surface area contributed by atoms with Crippen molar-refractivity contribution < 1.29 is 14.3 Å². The van der Waals surface area contributed by atoms with E-state index in [4.69, 9.17) is 4.74 Å². The topological polar surface area (TPSA) is 85.2 Å². The Bertz CT molecular complexity index is 947. The number of esters is 1. The molecule has 0 fully saturated rings. The molecule has 0 bridgehead atoms. The molecule has 7 nitrogen and oxygen atoms in total. The summed E-state index contributed by atoms with van der Waals surface area (Å²) in [4.78, 5) is 23.7. The summed E-state index contributed by atoms with van der Waals surface area (Å²) in [6.45, 7) is 4.53. The van der Waals surface area contributed by atoms with E-state index in [0.717, 1.165) is 11.3 Å². The molecule has 0 saturated heterocycles. The number of amides is 2. The highest BCUT2D eigenvalue weighted by molar-refractivity contribution is 5.89. The van der Waals surface area contributed by atoms with Crippen LogP contribution in [0.3, 0.4) is 0 Å². The second kappa shape index (κ2) is 8.85. The van der Waals surface area contributed by atoms with Crippen molar-refractivity contribution in [3.8, 4) is 5.69 Å². The van der Waals surface area contributed by atoms with Crippen molar-refractivity contribution in [3.05, 3.63) is 77.6 Å². The number of aromatic nitrogens is 2. The lowest BCUT2D eigenvalue weighted by molar-refractivity contribution is 0.0519. The monoisotopic (exact) mass is 378 g/mol. The molecule has 0 radical (unpaired) electrons. The number of carbonyl (C=O) groups is 2. The molecule has 7 heteroatoms. The summed E-state index contributed by atoms with van der Waals surface area (Å²) in [7, 11) is 0. The third kappa shape index (κ3) is 4.97. The molecule has 0 unspecified atom stereocenters. The van der Waals surface area contributed by atoms with E-state index in [-0.39, 0.29) is 11.7 Å². The van der Waals surface area contributed by atoms with Crippen LogP contribution in [0.4, 0.5) is 10.5 Å². The molecular formula is C21H22N4O3. The fourth-order valence-corrected chi connectivity index (χ4v) is 2.54. The fraction of sp³-hybridized carbons (Fsp3) is 0.190. The van der Waals surface area contributed by atoms with Crippen molar-refractivity contribution >= 4 is 17.7 Å². The Labute approximate surface area is 163 Å². The standard InChI is InChI=1S/C21H22N4O3/c1-3-28-20(26)19-12-13-25(24-19)18-10-8-17(9-11-18)23-21(27)22-14-16-6-4-15(2)5-7-16/h4-13H,3,14H2,1-2H3,(H2,22,23,27). The minimum atomic E-state index is -0.454. The first kappa shape index (κ1) is 19.2. The Balaban J connectivity index is 1.56. The highest BCUT2D eigenvalue weighted by atomic mass is 16.5. The van der Waals surface area contributed by atoms with Crippen molar-refractivity contribution in [2.75, 3.05) is 11.9 Å². The zero-order chi connectivity index (χ0) is 19.9. The lowest BCUT2D eigenvalue weighted by Crippen LogP contribution is -2.28. The first-order valence-corrected chi connectivity index (χ1v) is 8.99. The summed E-state index contributed by atoms with van der Waals surface area (Å²) in [5.41, 5.74) is 3.88. The van der Waals surface area contributed by atoms with E-state index in [1.165, 1.54) is 5.56 Å². The highest BCUT2D eigenvalue weighted by Gasteiger charge is 2.11. The van der Waals surface area contributed by atoms with Gasteiger partial charge in [0.1, 0.15) is 0 Å². The lowest BCUT2D eigenvalue weighted by Gasteiger charge is -2.09. The minimum absolute atomic E-state index is 0.250. The molecule has 3 aromatic rings. The zero-order valence-electron chi connectivity index (χ0n) is 15.8. The Kier molecular flexibility index (Phi) is 6.06. The van der Waals surface area contributed by atoms with Crippen molar-refractivity contribution in [1.82, 2.24) is 15.1 Å². The van der Waals surface area contributed by atoms with Crippen LogP contribution in [0.5, 0.6) is 0 Å². The van der Waals surface area contributed by atoms with Crippen molar-refractivity contribution in [2.45, 2.75) is 20.4 Å². The minimum Gasteiger partial charge on any atom is -0.461 e. The van der Waals surface area contributed by atoms with Crippen LogP contribution in [0.1, 0.15) is 28.5 Å². The molecule has 144 valence electrons. The first-order valence-electron chi connectivity index (χ1n) is 8.99. The van der Waals surface area contributed by atoms with Gasteiger partial charge in [-0.15, -0.1) is 0 Å². The predicted molar refractivity (Wildman–Crippen MR) is 107 cm³/mol. The van der Waals surface area contributed by atoms with Gasteiger partial charge in [0.15, 0.2) is 5.69 Å². The second-order valence-corrected chi connectivity index (χ2v) is 6.21. The van der Waals surface area contributed by atoms with Gasteiger partial charge in [0.05, 0.1) is 12.3 Å². The number of aryl methyl sites for hydroxylation is 1. The molecule has 0 spiro atoms. The van der Waals surface area contributed by atoms with Gasteiger partial charge in [-0.25, -0.2) is 14.3 Å². The van der Waals surface area contributed by atoms with E-state index >= 15 is 0 Å².